The molecule has 2 aromatic heterocycles. The van der Waals surface area contributed by atoms with Gasteiger partial charge < -0.3 is 30.3 Å². The first kappa shape index (κ1) is 19.5. The Morgan fingerprint density at radius 1 is 1.22 bits per heavy atom. The molecule has 7 rings (SSSR count). The molecule has 0 aromatic carbocycles. The van der Waals surface area contributed by atoms with E-state index in [-0.39, 0.29) is 24.1 Å². The van der Waals surface area contributed by atoms with Crippen molar-refractivity contribution in [3.8, 4) is 11.3 Å². The largest absolute Gasteiger partial charge is 0.465 e. The number of nitrogens with two attached hydrogens (primary N) is 1. The molecular formula is C21H26N8O3. The van der Waals surface area contributed by atoms with Gasteiger partial charge in [-0.05, 0) is 19.8 Å². The topological polar surface area (TPSA) is 134 Å². The van der Waals surface area contributed by atoms with Gasteiger partial charge in [-0.2, -0.15) is 4.98 Å². The fourth-order valence-corrected chi connectivity index (χ4v) is 5.68. The van der Waals surface area contributed by atoms with Crippen molar-refractivity contribution < 1.29 is 14.6 Å². The molecule has 0 unspecified atom stereocenters. The molecule has 168 valence electrons. The molecule has 11 nitrogen and oxygen atoms in total. The quantitative estimate of drug-likeness (QED) is 0.710. The van der Waals surface area contributed by atoms with Gasteiger partial charge in [0.15, 0.2) is 0 Å². The van der Waals surface area contributed by atoms with Gasteiger partial charge in [-0.1, -0.05) is 0 Å². The zero-order valence-corrected chi connectivity index (χ0v) is 17.9. The highest BCUT2D eigenvalue weighted by Crippen LogP contribution is 2.48. The minimum absolute atomic E-state index is 0.0347. The van der Waals surface area contributed by atoms with Crippen molar-refractivity contribution in [3.63, 3.8) is 0 Å². The Labute approximate surface area is 185 Å². The molecule has 2 bridgehead atoms. The summed E-state index contributed by atoms with van der Waals surface area (Å²) in [5.74, 6) is 2.15. The third-order valence-corrected chi connectivity index (χ3v) is 7.28. The van der Waals surface area contributed by atoms with E-state index in [9.17, 15) is 9.90 Å². The average molecular weight is 438 g/mol. The lowest BCUT2D eigenvalue weighted by molar-refractivity contribution is 0.0981. The van der Waals surface area contributed by atoms with Crippen molar-refractivity contribution in [2.75, 3.05) is 48.4 Å². The van der Waals surface area contributed by atoms with E-state index in [1.807, 2.05) is 0 Å². The number of carbonyl (C=O) groups is 1. The van der Waals surface area contributed by atoms with Crippen LogP contribution in [0.4, 0.5) is 22.5 Å². The van der Waals surface area contributed by atoms with Crippen molar-refractivity contribution in [2.45, 2.75) is 37.9 Å². The van der Waals surface area contributed by atoms with Crippen LogP contribution in [0.3, 0.4) is 0 Å². The van der Waals surface area contributed by atoms with Gasteiger partial charge in [0.1, 0.15) is 5.82 Å². The number of nitrogens with zero attached hydrogens (tertiary/aromatic N) is 7. The van der Waals surface area contributed by atoms with E-state index in [0.717, 1.165) is 48.6 Å². The summed E-state index contributed by atoms with van der Waals surface area (Å²) in [5.41, 5.74) is 8.41. The van der Waals surface area contributed by atoms with Crippen LogP contribution in [0.5, 0.6) is 0 Å². The van der Waals surface area contributed by atoms with E-state index in [1.54, 1.807) is 17.3 Å². The number of hydrogen-bond donors (Lipinski definition) is 2. The van der Waals surface area contributed by atoms with E-state index in [4.69, 9.17) is 20.4 Å². The normalized spacial score (nSPS) is 28.6. The molecule has 32 heavy (non-hydrogen) atoms. The Bertz CT molecular complexity index is 1060. The summed E-state index contributed by atoms with van der Waals surface area (Å²) >= 11 is 0. The monoisotopic (exact) mass is 438 g/mol. The molecule has 4 fully saturated rings. The van der Waals surface area contributed by atoms with Crippen molar-refractivity contribution in [3.05, 3.63) is 18.0 Å². The third-order valence-electron chi connectivity index (χ3n) is 7.28. The Kier molecular flexibility index (Phi) is 4.36. The summed E-state index contributed by atoms with van der Waals surface area (Å²) in [6.07, 6.45) is 4.32. The number of fused-ring (bicyclic) bond motifs is 2. The van der Waals surface area contributed by atoms with Crippen LogP contribution < -0.4 is 15.5 Å². The summed E-state index contributed by atoms with van der Waals surface area (Å²) in [5, 5.41) is 9.56. The Morgan fingerprint density at radius 3 is 2.75 bits per heavy atom. The lowest BCUT2D eigenvalue weighted by atomic mass is 9.79. The summed E-state index contributed by atoms with van der Waals surface area (Å²) in [6, 6.07) is 0.370. The van der Waals surface area contributed by atoms with Crippen LogP contribution in [0.15, 0.2) is 12.4 Å². The fraction of sp³-hybridized carbons (Fsp3) is 0.571. The van der Waals surface area contributed by atoms with Crippen LogP contribution in [0.25, 0.3) is 11.3 Å². The van der Waals surface area contributed by atoms with Crippen LogP contribution in [0.2, 0.25) is 0 Å². The van der Waals surface area contributed by atoms with Gasteiger partial charge in [0, 0.05) is 49.1 Å². The molecular weight excluding hydrogens is 412 g/mol. The second-order valence-electron chi connectivity index (χ2n) is 9.05. The molecule has 0 radical (unpaired) electrons. The standard InChI is InChI=1S/C21H26N8O3/c1-11-10-32-5-4-27(11)20-25-16(13-7-23-19(22)24-8-13)14-2-3-28(18(14)26-20)17-12-6-15(17)29(9-12)21(30)31/h7-8,11-12,15,17H,2-6,9-10H2,1H3,(H,30,31)(H2,22,23,24)/t11-,12-,15-,17-/m0/s1. The number of morpholine rings is 1. The Hall–Kier alpha value is -3.21. The van der Waals surface area contributed by atoms with E-state index in [0.29, 0.717) is 31.6 Å². The first-order valence-electron chi connectivity index (χ1n) is 11.1. The maximum atomic E-state index is 11.6. The van der Waals surface area contributed by atoms with Crippen molar-refractivity contribution in [1.29, 1.82) is 0 Å². The van der Waals surface area contributed by atoms with Gasteiger partial charge in [-0.25, -0.2) is 19.7 Å². The minimum Gasteiger partial charge on any atom is -0.465 e. The number of hydrogen-bond acceptors (Lipinski definition) is 9. The number of amides is 1. The Morgan fingerprint density at radius 2 is 2.03 bits per heavy atom. The van der Waals surface area contributed by atoms with Crippen molar-refractivity contribution in [2.24, 2.45) is 5.92 Å². The Balaban J connectivity index is 1.43. The average Bonchev–Trinajstić information content (AvgIpc) is 3.48. The van der Waals surface area contributed by atoms with Crippen molar-refractivity contribution in [1.82, 2.24) is 24.8 Å². The van der Waals surface area contributed by atoms with Gasteiger partial charge in [0.2, 0.25) is 11.9 Å². The summed E-state index contributed by atoms with van der Waals surface area (Å²) in [4.78, 5) is 36.1. The molecule has 11 heteroatoms. The highest BCUT2D eigenvalue weighted by Gasteiger charge is 2.57. The molecule has 4 atom stereocenters. The molecule has 4 aliphatic heterocycles. The highest BCUT2D eigenvalue weighted by molar-refractivity contribution is 5.74. The zero-order valence-electron chi connectivity index (χ0n) is 17.9. The molecule has 1 saturated carbocycles. The van der Waals surface area contributed by atoms with Gasteiger partial charge in [-0.3, -0.25) is 0 Å². The lowest BCUT2D eigenvalue weighted by Crippen LogP contribution is -2.55. The second kappa shape index (κ2) is 7.16. The number of rotatable bonds is 3. The lowest BCUT2D eigenvalue weighted by Gasteiger charge is -2.43. The molecule has 3 saturated heterocycles. The number of aromatic nitrogens is 4. The van der Waals surface area contributed by atoms with Crippen LogP contribution in [-0.4, -0.2) is 87.0 Å². The number of nitrogen functional groups attached to an aromatic ring is 1. The van der Waals surface area contributed by atoms with Crippen LogP contribution >= 0.6 is 0 Å². The first-order chi connectivity index (χ1) is 15.5. The molecule has 1 amide bonds. The molecule has 5 aliphatic rings. The van der Waals surface area contributed by atoms with Crippen LogP contribution in [0.1, 0.15) is 18.9 Å². The maximum Gasteiger partial charge on any atom is 0.407 e. The summed E-state index contributed by atoms with van der Waals surface area (Å²) in [7, 11) is 0. The predicted molar refractivity (Wildman–Crippen MR) is 117 cm³/mol. The highest BCUT2D eigenvalue weighted by atomic mass is 16.5. The number of ether oxygens (including phenoxy) is 1. The minimum atomic E-state index is -0.829. The predicted octanol–water partition coefficient (Wildman–Crippen LogP) is 0.854. The molecule has 0 spiro atoms. The van der Waals surface area contributed by atoms with Crippen molar-refractivity contribution >= 4 is 23.8 Å². The van der Waals surface area contributed by atoms with E-state index < -0.39 is 6.09 Å². The van der Waals surface area contributed by atoms with E-state index >= 15 is 0 Å². The molecule has 6 heterocycles. The first-order valence-corrected chi connectivity index (χ1v) is 11.1. The summed E-state index contributed by atoms with van der Waals surface area (Å²) < 4.78 is 5.61. The van der Waals surface area contributed by atoms with E-state index in [2.05, 4.69) is 26.7 Å². The maximum absolute atomic E-state index is 11.6. The van der Waals surface area contributed by atoms with Gasteiger partial charge in [0.05, 0.1) is 37.0 Å². The van der Waals surface area contributed by atoms with Crippen LogP contribution in [0, 0.1) is 5.92 Å². The van der Waals surface area contributed by atoms with Gasteiger partial charge in [-0.15, -0.1) is 0 Å². The number of carboxylic acid groups (broad SMARTS) is 1. The summed E-state index contributed by atoms with van der Waals surface area (Å²) in [6.45, 7) is 5.50. The van der Waals surface area contributed by atoms with Gasteiger partial charge >= 0.3 is 6.09 Å². The molecule has 3 N–H and O–H groups in total. The van der Waals surface area contributed by atoms with Crippen LogP contribution in [-0.2, 0) is 11.2 Å². The smallest absolute Gasteiger partial charge is 0.407 e. The van der Waals surface area contributed by atoms with Gasteiger partial charge in [0.25, 0.3) is 0 Å². The fourth-order valence-electron chi connectivity index (χ4n) is 5.68. The molecule has 2 aromatic rings. The zero-order chi connectivity index (χ0) is 22.0. The second-order valence-corrected chi connectivity index (χ2v) is 9.05. The van der Waals surface area contributed by atoms with E-state index in [1.165, 1.54) is 0 Å². The third kappa shape index (κ3) is 2.87. The SMILES string of the molecule is C[C@H]1COCCN1c1nc(-c2cnc(N)nc2)c2c(n1)N([C@H]1[C@H]3C[C@@H]1N(C(=O)O)C3)CC2. The molecule has 1 aliphatic carbocycles. The number of anilines is 3.